The van der Waals surface area contributed by atoms with Gasteiger partial charge in [-0.2, -0.15) is 0 Å². The molecule has 1 saturated heterocycles. The molecular formula is C26H37IN2O8. The zero-order chi connectivity index (χ0) is 26.9. The Morgan fingerprint density at radius 1 is 1.30 bits per heavy atom. The number of carbonyl (C=O) groups excluding carboxylic acids is 2. The summed E-state index contributed by atoms with van der Waals surface area (Å²) in [4.78, 5) is 27.8. The summed E-state index contributed by atoms with van der Waals surface area (Å²) < 4.78 is 18.2. The van der Waals surface area contributed by atoms with E-state index in [9.17, 15) is 19.8 Å². The number of hydrogen-bond acceptors (Lipinski definition) is 8. The van der Waals surface area contributed by atoms with Gasteiger partial charge in [-0.15, -0.1) is 0 Å². The van der Waals surface area contributed by atoms with Crippen LogP contribution in [-0.4, -0.2) is 89.8 Å². The number of nitrogens with zero attached hydrogens (tertiary/aromatic N) is 1. The number of nitrogens with one attached hydrogen (secondary N) is 1. The molecule has 4 atom stereocenters. The fourth-order valence-electron chi connectivity index (χ4n) is 4.68. The van der Waals surface area contributed by atoms with Gasteiger partial charge in [0.15, 0.2) is 11.5 Å². The summed E-state index contributed by atoms with van der Waals surface area (Å²) in [6, 6.07) is 2.68. The van der Waals surface area contributed by atoms with Crippen LogP contribution in [0.5, 0.6) is 11.5 Å². The number of hydrogen-bond donors (Lipinski definition) is 4. The van der Waals surface area contributed by atoms with Gasteiger partial charge in [-0.1, -0.05) is 6.92 Å². The fourth-order valence-corrected chi connectivity index (χ4v) is 5.47. The van der Waals surface area contributed by atoms with Crippen LogP contribution < -0.4 is 14.8 Å². The summed E-state index contributed by atoms with van der Waals surface area (Å²) in [7, 11) is 1.48. The maximum Gasteiger partial charge on any atom is 0.247 e. The van der Waals surface area contributed by atoms with E-state index in [2.05, 4.69) is 27.9 Å². The third kappa shape index (κ3) is 7.56. The zero-order valence-corrected chi connectivity index (χ0v) is 23.5. The maximum absolute atomic E-state index is 13.2. The average Bonchev–Trinajstić information content (AvgIpc) is 3.41. The molecule has 0 aromatic heterocycles. The number of aliphatic hydroxyl groups is 3. The summed E-state index contributed by atoms with van der Waals surface area (Å²) in [6.45, 7) is 2.58. The van der Waals surface area contributed by atoms with Gasteiger partial charge in [0.05, 0.1) is 36.0 Å². The van der Waals surface area contributed by atoms with Gasteiger partial charge in [0, 0.05) is 38.1 Å². The van der Waals surface area contributed by atoms with Gasteiger partial charge in [-0.3, -0.25) is 9.59 Å². The maximum atomic E-state index is 13.2. The van der Waals surface area contributed by atoms with Crippen LogP contribution in [0.2, 0.25) is 0 Å². The zero-order valence-electron chi connectivity index (χ0n) is 21.3. The van der Waals surface area contributed by atoms with E-state index in [1.165, 1.54) is 7.11 Å². The summed E-state index contributed by atoms with van der Waals surface area (Å²) in [5.41, 5.74) is 1.000. The number of aliphatic hydroxyl groups excluding tert-OH is 3. The molecule has 11 heteroatoms. The van der Waals surface area contributed by atoms with Gasteiger partial charge in [0.25, 0.3) is 0 Å². The van der Waals surface area contributed by atoms with Crippen LogP contribution in [0.3, 0.4) is 0 Å². The summed E-state index contributed by atoms with van der Waals surface area (Å²) >= 11 is 2.07. The van der Waals surface area contributed by atoms with Crippen molar-refractivity contribution in [2.75, 3.05) is 33.4 Å². The van der Waals surface area contributed by atoms with Crippen molar-refractivity contribution in [2.45, 2.75) is 70.0 Å². The van der Waals surface area contributed by atoms with E-state index in [1.54, 1.807) is 23.1 Å². The molecular weight excluding hydrogens is 595 g/mol. The normalized spacial score (nSPS) is 23.4. The lowest BCUT2D eigenvalue weighted by atomic mass is 9.87. The molecule has 4 unspecified atom stereocenters. The molecule has 2 amide bonds. The largest absolute Gasteiger partial charge is 0.493 e. The Kier molecular flexibility index (Phi) is 11.4. The first-order valence-electron chi connectivity index (χ1n) is 12.7. The Hall–Kier alpha value is -1.93. The molecule has 3 rings (SSSR count). The SMILES string of the molecule is CCCC(=O)N(CC1CCCO1)C1CC(C(=O)NCCO)=CC(Oc2c(I)cc(CO)cc2OC)C1O. The topological polar surface area (TPSA) is 138 Å². The van der Waals surface area contributed by atoms with Crippen LogP contribution in [0.4, 0.5) is 0 Å². The third-order valence-electron chi connectivity index (χ3n) is 6.55. The molecule has 0 saturated carbocycles. The van der Waals surface area contributed by atoms with Gasteiger partial charge in [-0.05, 0) is 65.6 Å². The lowest BCUT2D eigenvalue weighted by Gasteiger charge is -2.41. The minimum atomic E-state index is -1.13. The smallest absolute Gasteiger partial charge is 0.247 e. The van der Waals surface area contributed by atoms with E-state index < -0.39 is 24.2 Å². The Bertz CT molecular complexity index is 966. The van der Waals surface area contributed by atoms with Crippen molar-refractivity contribution < 1.29 is 39.1 Å². The van der Waals surface area contributed by atoms with Gasteiger partial charge >= 0.3 is 0 Å². The van der Waals surface area contributed by atoms with Gasteiger partial charge < -0.3 is 39.7 Å². The lowest BCUT2D eigenvalue weighted by Crippen LogP contribution is -2.56. The number of benzene rings is 1. The van der Waals surface area contributed by atoms with Crippen LogP contribution in [-0.2, 0) is 20.9 Å². The standard InChI is InChI=1S/C26H37IN2O8/c1-3-5-23(32)29(14-18-6-4-9-36-18)20-12-17(26(34)28-7-8-30)13-21(24(20)33)37-25-19(27)10-16(15-31)11-22(25)35-2/h10-11,13,18,20-21,24,30-31,33H,3-9,12,14-15H2,1-2H3,(H,28,34). The molecule has 10 nitrogen and oxygen atoms in total. The van der Waals surface area contributed by atoms with Crippen LogP contribution >= 0.6 is 22.6 Å². The first-order chi connectivity index (χ1) is 17.8. The van der Waals surface area contributed by atoms with E-state index in [0.717, 1.165) is 12.8 Å². The number of halogens is 1. The molecule has 1 aliphatic carbocycles. The van der Waals surface area contributed by atoms with Gasteiger partial charge in [0.1, 0.15) is 12.2 Å². The molecule has 37 heavy (non-hydrogen) atoms. The third-order valence-corrected chi connectivity index (χ3v) is 7.35. The van der Waals surface area contributed by atoms with Crippen LogP contribution in [0.15, 0.2) is 23.8 Å². The quantitative estimate of drug-likeness (QED) is 0.255. The molecule has 1 aliphatic heterocycles. The van der Waals surface area contributed by atoms with Crippen molar-refractivity contribution in [2.24, 2.45) is 0 Å². The predicted molar refractivity (Wildman–Crippen MR) is 144 cm³/mol. The van der Waals surface area contributed by atoms with E-state index in [0.29, 0.717) is 52.2 Å². The second-order valence-electron chi connectivity index (χ2n) is 9.21. The Balaban J connectivity index is 1.98. The molecule has 1 heterocycles. The van der Waals surface area contributed by atoms with E-state index in [1.807, 2.05) is 6.92 Å². The van der Waals surface area contributed by atoms with Crippen molar-refractivity contribution >= 4 is 34.4 Å². The summed E-state index contributed by atoms with van der Waals surface area (Å²) in [5, 5.41) is 32.9. The highest BCUT2D eigenvalue weighted by Crippen LogP contribution is 2.37. The molecule has 0 bridgehead atoms. The fraction of sp³-hybridized carbons (Fsp3) is 0.615. The molecule has 0 spiro atoms. The summed E-state index contributed by atoms with van der Waals surface area (Å²) in [5.74, 6) is 0.235. The molecule has 4 N–H and O–H groups in total. The molecule has 2 aliphatic rings. The van der Waals surface area contributed by atoms with Crippen LogP contribution in [0.25, 0.3) is 0 Å². The molecule has 1 fully saturated rings. The van der Waals surface area contributed by atoms with E-state index in [4.69, 9.17) is 19.3 Å². The number of rotatable bonds is 12. The Labute approximate surface area is 231 Å². The van der Waals surface area contributed by atoms with Crippen LogP contribution in [0.1, 0.15) is 44.6 Å². The van der Waals surface area contributed by atoms with Crippen LogP contribution in [0, 0.1) is 3.57 Å². The highest BCUT2D eigenvalue weighted by molar-refractivity contribution is 14.1. The van der Waals surface area contributed by atoms with E-state index >= 15 is 0 Å². The van der Waals surface area contributed by atoms with Gasteiger partial charge in [-0.25, -0.2) is 0 Å². The molecule has 1 aromatic rings. The van der Waals surface area contributed by atoms with Gasteiger partial charge in [0.2, 0.25) is 11.8 Å². The molecule has 1 aromatic carbocycles. The highest BCUT2D eigenvalue weighted by Gasteiger charge is 2.41. The minimum Gasteiger partial charge on any atom is -0.493 e. The summed E-state index contributed by atoms with van der Waals surface area (Å²) in [6.07, 6.45) is 2.18. The van der Waals surface area contributed by atoms with Crippen molar-refractivity contribution in [3.63, 3.8) is 0 Å². The number of ether oxygens (including phenoxy) is 3. The Morgan fingerprint density at radius 3 is 2.70 bits per heavy atom. The van der Waals surface area contributed by atoms with Crippen molar-refractivity contribution in [1.29, 1.82) is 0 Å². The van der Waals surface area contributed by atoms with Crippen molar-refractivity contribution in [3.8, 4) is 11.5 Å². The number of amides is 2. The minimum absolute atomic E-state index is 0.0810. The van der Waals surface area contributed by atoms with Crippen molar-refractivity contribution in [3.05, 3.63) is 32.9 Å². The number of carbonyl (C=O) groups is 2. The second kappa shape index (κ2) is 14.3. The lowest BCUT2D eigenvalue weighted by molar-refractivity contribution is -0.140. The average molecular weight is 632 g/mol. The first kappa shape index (κ1) is 29.6. The monoisotopic (exact) mass is 632 g/mol. The molecule has 0 radical (unpaired) electrons. The van der Waals surface area contributed by atoms with Crippen molar-refractivity contribution in [1.82, 2.24) is 10.2 Å². The predicted octanol–water partition coefficient (Wildman–Crippen LogP) is 1.52. The second-order valence-corrected chi connectivity index (χ2v) is 10.4. The molecule has 206 valence electrons. The number of methoxy groups -OCH3 is 1. The Morgan fingerprint density at radius 2 is 2.08 bits per heavy atom. The highest BCUT2D eigenvalue weighted by atomic mass is 127. The first-order valence-corrected chi connectivity index (χ1v) is 13.7. The van der Waals surface area contributed by atoms with E-state index in [-0.39, 0.29) is 38.2 Å².